The lowest BCUT2D eigenvalue weighted by Gasteiger charge is -2.16. The predicted octanol–water partition coefficient (Wildman–Crippen LogP) is 2.75. The van der Waals surface area contributed by atoms with E-state index in [1.807, 2.05) is 6.92 Å². The predicted molar refractivity (Wildman–Crippen MR) is 60.3 cm³/mol. The molecular weight excluding hydrogens is 172 g/mol. The first-order valence-electron chi connectivity index (χ1n) is 5.29. The number of rotatable bonds is 4. The van der Waals surface area contributed by atoms with Crippen molar-refractivity contribution in [3.63, 3.8) is 0 Å². The molecule has 0 amide bonds. The molecule has 1 radical (unpaired) electrons. The van der Waals surface area contributed by atoms with Crippen LogP contribution >= 0.6 is 0 Å². The topological polar surface area (TPSA) is 20.2 Å². The fourth-order valence-corrected chi connectivity index (χ4v) is 1.87. The van der Waals surface area contributed by atoms with Crippen molar-refractivity contribution >= 4 is 0 Å². The minimum Gasteiger partial charge on any atom is -0.395 e. The fraction of sp³-hybridized carbons (Fsp3) is 0.462. The summed E-state index contributed by atoms with van der Waals surface area (Å²) in [5.74, 6) is 1.07. The Hall–Kier alpha value is -0.820. The SMILES string of the molecule is CCc1cccc([C](C)CO)c1CC. The van der Waals surface area contributed by atoms with Crippen molar-refractivity contribution in [1.82, 2.24) is 0 Å². The Labute approximate surface area is 86.8 Å². The number of aliphatic hydroxyl groups excluding tert-OH is 1. The zero-order valence-corrected chi connectivity index (χ0v) is 9.30. The second kappa shape index (κ2) is 5.16. The molecule has 0 aromatic heterocycles. The molecule has 14 heavy (non-hydrogen) atoms. The highest BCUT2D eigenvalue weighted by Crippen LogP contribution is 2.23. The van der Waals surface area contributed by atoms with Crippen LogP contribution in [-0.2, 0) is 12.8 Å². The highest BCUT2D eigenvalue weighted by Gasteiger charge is 2.11. The third kappa shape index (κ3) is 2.16. The maximum absolute atomic E-state index is 9.13. The summed E-state index contributed by atoms with van der Waals surface area (Å²) in [6, 6.07) is 6.35. The van der Waals surface area contributed by atoms with E-state index in [-0.39, 0.29) is 6.61 Å². The van der Waals surface area contributed by atoms with Gasteiger partial charge in [0.1, 0.15) is 0 Å². The second-order valence-corrected chi connectivity index (χ2v) is 3.59. The van der Waals surface area contributed by atoms with Gasteiger partial charge in [-0.05, 0) is 29.5 Å². The van der Waals surface area contributed by atoms with Crippen molar-refractivity contribution < 1.29 is 5.11 Å². The molecule has 0 saturated heterocycles. The summed E-state index contributed by atoms with van der Waals surface area (Å²) in [4.78, 5) is 0. The van der Waals surface area contributed by atoms with Crippen molar-refractivity contribution in [3.8, 4) is 0 Å². The van der Waals surface area contributed by atoms with Crippen LogP contribution in [0.3, 0.4) is 0 Å². The average molecular weight is 191 g/mol. The third-order valence-electron chi connectivity index (χ3n) is 2.70. The molecule has 0 fully saturated rings. The number of aryl methyl sites for hydroxylation is 1. The van der Waals surface area contributed by atoms with E-state index in [1.54, 1.807) is 0 Å². The smallest absolute Gasteiger partial charge is 0.0534 e. The van der Waals surface area contributed by atoms with E-state index in [9.17, 15) is 0 Å². The van der Waals surface area contributed by atoms with E-state index in [0.29, 0.717) is 0 Å². The van der Waals surface area contributed by atoms with E-state index in [0.717, 1.165) is 18.8 Å². The van der Waals surface area contributed by atoms with Crippen molar-refractivity contribution in [1.29, 1.82) is 0 Å². The summed E-state index contributed by atoms with van der Waals surface area (Å²) in [7, 11) is 0. The molecule has 0 atom stereocenters. The normalized spacial score (nSPS) is 10.9. The lowest BCUT2D eigenvalue weighted by Crippen LogP contribution is -2.06. The van der Waals surface area contributed by atoms with Crippen LogP contribution in [0.1, 0.15) is 37.5 Å². The van der Waals surface area contributed by atoms with Gasteiger partial charge >= 0.3 is 0 Å². The fourth-order valence-electron chi connectivity index (χ4n) is 1.87. The Morgan fingerprint density at radius 1 is 1.21 bits per heavy atom. The molecule has 1 aromatic carbocycles. The van der Waals surface area contributed by atoms with Gasteiger partial charge in [0.2, 0.25) is 0 Å². The quantitative estimate of drug-likeness (QED) is 0.776. The maximum atomic E-state index is 9.13. The number of hydrogen-bond donors (Lipinski definition) is 1. The standard InChI is InChI=1S/C13H19O/c1-4-11-7-6-8-13(10(3)9-14)12(11)5-2/h6-8,14H,4-5,9H2,1-3H3. The molecule has 1 aromatic rings. The van der Waals surface area contributed by atoms with Crippen LogP contribution in [0.2, 0.25) is 0 Å². The van der Waals surface area contributed by atoms with Gasteiger partial charge in [0.15, 0.2) is 0 Å². The largest absolute Gasteiger partial charge is 0.395 e. The monoisotopic (exact) mass is 191 g/mol. The number of aliphatic hydroxyl groups is 1. The van der Waals surface area contributed by atoms with E-state index in [1.165, 1.54) is 16.7 Å². The molecule has 1 nitrogen and oxygen atoms in total. The van der Waals surface area contributed by atoms with Crippen molar-refractivity contribution in [2.24, 2.45) is 0 Å². The summed E-state index contributed by atoms with van der Waals surface area (Å²) in [5, 5.41) is 9.13. The molecule has 0 unspecified atom stereocenters. The van der Waals surface area contributed by atoms with E-state index >= 15 is 0 Å². The van der Waals surface area contributed by atoms with Gasteiger partial charge in [0.25, 0.3) is 0 Å². The number of benzene rings is 1. The maximum Gasteiger partial charge on any atom is 0.0534 e. The first-order chi connectivity index (χ1) is 6.74. The summed E-state index contributed by atoms with van der Waals surface area (Å²) >= 11 is 0. The Kier molecular flexibility index (Phi) is 4.15. The Balaban J connectivity index is 3.14. The van der Waals surface area contributed by atoms with Crippen molar-refractivity contribution in [2.45, 2.75) is 33.6 Å². The summed E-state index contributed by atoms with van der Waals surface area (Å²) in [6.07, 6.45) is 2.10. The molecule has 0 saturated carbocycles. The molecule has 0 aliphatic heterocycles. The minimum absolute atomic E-state index is 0.153. The van der Waals surface area contributed by atoms with Crippen molar-refractivity contribution in [2.75, 3.05) is 6.61 Å². The van der Waals surface area contributed by atoms with Gasteiger partial charge in [0.05, 0.1) is 6.61 Å². The molecule has 1 rings (SSSR count). The molecule has 1 N–H and O–H groups in total. The van der Waals surface area contributed by atoms with Crippen LogP contribution < -0.4 is 0 Å². The Morgan fingerprint density at radius 2 is 1.93 bits per heavy atom. The average Bonchev–Trinajstić information content (AvgIpc) is 2.26. The highest BCUT2D eigenvalue weighted by atomic mass is 16.3. The molecule has 77 valence electrons. The first kappa shape index (κ1) is 11.3. The molecule has 0 spiro atoms. The van der Waals surface area contributed by atoms with Gasteiger partial charge in [-0.3, -0.25) is 0 Å². The minimum atomic E-state index is 0.153. The molecule has 0 aliphatic rings. The molecular formula is C13H19O. The zero-order chi connectivity index (χ0) is 10.6. The van der Waals surface area contributed by atoms with Crippen LogP contribution in [-0.4, -0.2) is 11.7 Å². The van der Waals surface area contributed by atoms with E-state index < -0.39 is 0 Å². The van der Waals surface area contributed by atoms with Crippen LogP contribution in [0.15, 0.2) is 18.2 Å². The third-order valence-corrected chi connectivity index (χ3v) is 2.70. The van der Waals surface area contributed by atoms with Crippen LogP contribution in [0.5, 0.6) is 0 Å². The Morgan fingerprint density at radius 3 is 2.43 bits per heavy atom. The van der Waals surface area contributed by atoms with Gasteiger partial charge in [-0.2, -0.15) is 0 Å². The summed E-state index contributed by atoms with van der Waals surface area (Å²) in [5.41, 5.74) is 4.02. The van der Waals surface area contributed by atoms with E-state index in [4.69, 9.17) is 5.11 Å². The second-order valence-electron chi connectivity index (χ2n) is 3.59. The highest BCUT2D eigenvalue weighted by molar-refractivity contribution is 5.43. The van der Waals surface area contributed by atoms with Crippen LogP contribution in [0.4, 0.5) is 0 Å². The molecule has 0 heterocycles. The zero-order valence-electron chi connectivity index (χ0n) is 9.30. The van der Waals surface area contributed by atoms with Crippen LogP contribution in [0.25, 0.3) is 0 Å². The lowest BCUT2D eigenvalue weighted by atomic mass is 9.90. The van der Waals surface area contributed by atoms with Crippen molar-refractivity contribution in [3.05, 3.63) is 40.8 Å². The number of hydrogen-bond acceptors (Lipinski definition) is 1. The van der Waals surface area contributed by atoms with Gasteiger partial charge in [-0.1, -0.05) is 39.0 Å². The van der Waals surface area contributed by atoms with Crippen LogP contribution in [0, 0.1) is 5.92 Å². The Bertz CT molecular complexity index is 291. The van der Waals surface area contributed by atoms with Gasteiger partial charge in [0, 0.05) is 5.92 Å². The van der Waals surface area contributed by atoms with E-state index in [2.05, 4.69) is 32.0 Å². The summed E-state index contributed by atoms with van der Waals surface area (Å²) < 4.78 is 0. The summed E-state index contributed by atoms with van der Waals surface area (Å²) in [6.45, 7) is 6.49. The molecule has 0 bridgehead atoms. The molecule has 0 aliphatic carbocycles. The lowest BCUT2D eigenvalue weighted by molar-refractivity contribution is 0.314. The van der Waals surface area contributed by atoms with Gasteiger partial charge < -0.3 is 5.11 Å². The molecule has 1 heteroatoms. The van der Waals surface area contributed by atoms with Gasteiger partial charge in [-0.25, -0.2) is 0 Å². The first-order valence-corrected chi connectivity index (χ1v) is 5.29. The van der Waals surface area contributed by atoms with Gasteiger partial charge in [-0.15, -0.1) is 0 Å².